The van der Waals surface area contributed by atoms with Crippen molar-refractivity contribution < 1.29 is 11.0 Å². The van der Waals surface area contributed by atoms with E-state index < -0.39 is 32.2 Å². The highest BCUT2D eigenvalue weighted by molar-refractivity contribution is 7.00. The second-order valence-electron chi connectivity index (χ2n) is 19.2. The summed E-state index contributed by atoms with van der Waals surface area (Å²) in [5, 5.41) is 0. The monoisotopic (exact) mass is 708 g/mol. The molecule has 0 saturated heterocycles. The van der Waals surface area contributed by atoms with E-state index in [1.165, 1.54) is 5.56 Å². The van der Waals surface area contributed by atoms with Gasteiger partial charge in [0.2, 0.25) is 0 Å². The lowest BCUT2D eigenvalue weighted by Crippen LogP contribution is -2.62. The van der Waals surface area contributed by atoms with Crippen LogP contribution in [-0.2, 0) is 34.4 Å². The van der Waals surface area contributed by atoms with Crippen LogP contribution >= 0.6 is 0 Å². The predicted octanol–water partition coefficient (Wildman–Crippen LogP) is 11.2. The maximum atomic E-state index is 9.31. The third-order valence-corrected chi connectivity index (χ3v) is 11.2. The molecular formula is C49H58BN3. The van der Waals surface area contributed by atoms with Crippen molar-refractivity contribution in [2.75, 3.05) is 9.80 Å². The molecule has 0 fully saturated rings. The third-order valence-electron chi connectivity index (χ3n) is 11.2. The zero-order chi connectivity index (χ0) is 45.0. The maximum Gasteiger partial charge on any atom is 0.254 e. The van der Waals surface area contributed by atoms with Gasteiger partial charge in [-0.3, -0.25) is 4.90 Å². The summed E-state index contributed by atoms with van der Waals surface area (Å²) in [6, 6.07) is 27.0. The average Bonchev–Trinajstić information content (AvgIpc) is 3.15. The van der Waals surface area contributed by atoms with Crippen molar-refractivity contribution in [2.24, 2.45) is 0 Å². The van der Waals surface area contributed by atoms with E-state index in [1.54, 1.807) is 12.1 Å². The van der Waals surface area contributed by atoms with Crippen LogP contribution in [0.3, 0.4) is 0 Å². The number of pyridine rings is 1. The highest BCUT2D eigenvalue weighted by Crippen LogP contribution is 2.46. The predicted molar refractivity (Wildman–Crippen MR) is 230 cm³/mol. The van der Waals surface area contributed by atoms with Crippen LogP contribution in [0, 0.1) is 0 Å². The standard InChI is InChI=1S/C49H58BN3/c1-46(2,3)33-17-20-37(21-18-33)53-41-22-19-34(47(4,5)6)30-40(41)50-39-25-31-15-13-14-16-32(31)26-43(39)52(42-23-24-51-45(53)44(42)50)38-28-35(48(7,8)9)27-36(29-38)49(10,11)12/h17-30H,13-16H2,1-12H3/i13D2,14D2,15D2,16D2. The van der Waals surface area contributed by atoms with Crippen molar-refractivity contribution in [3.05, 3.63) is 118 Å². The van der Waals surface area contributed by atoms with Crippen LogP contribution in [0.4, 0.5) is 34.3 Å². The Kier molecular flexibility index (Phi) is 6.24. The number of aromatic nitrogens is 1. The fourth-order valence-corrected chi connectivity index (χ4v) is 7.97. The summed E-state index contributed by atoms with van der Waals surface area (Å²) in [5.41, 5.74) is 10.0. The highest BCUT2D eigenvalue weighted by Gasteiger charge is 2.45. The van der Waals surface area contributed by atoms with Gasteiger partial charge in [-0.15, -0.1) is 0 Å². The Morgan fingerprint density at radius 3 is 1.64 bits per heavy atom. The molecule has 3 heterocycles. The summed E-state index contributed by atoms with van der Waals surface area (Å²) < 4.78 is 72.7. The molecule has 0 atom stereocenters. The minimum Gasteiger partial charge on any atom is -0.311 e. The average molecular weight is 708 g/mol. The highest BCUT2D eigenvalue weighted by atomic mass is 15.2. The molecule has 272 valence electrons. The fraction of sp³-hybridized carbons (Fsp3) is 0.408. The zero-order valence-electron chi connectivity index (χ0n) is 41.5. The molecule has 0 bridgehead atoms. The molecule has 0 spiro atoms. The topological polar surface area (TPSA) is 19.4 Å². The molecule has 4 heteroatoms. The van der Waals surface area contributed by atoms with E-state index in [9.17, 15) is 5.48 Å². The molecule has 5 aromatic rings. The van der Waals surface area contributed by atoms with Crippen molar-refractivity contribution in [2.45, 2.75) is 130 Å². The normalized spacial score (nSPS) is 21.5. The Morgan fingerprint density at radius 1 is 0.509 bits per heavy atom. The first-order chi connectivity index (χ1) is 27.8. The van der Waals surface area contributed by atoms with Gasteiger partial charge in [-0.2, -0.15) is 0 Å². The van der Waals surface area contributed by atoms with E-state index in [1.807, 2.05) is 12.3 Å². The van der Waals surface area contributed by atoms with E-state index in [4.69, 9.17) is 10.5 Å². The molecule has 4 aromatic carbocycles. The van der Waals surface area contributed by atoms with E-state index in [-0.39, 0.29) is 32.8 Å². The van der Waals surface area contributed by atoms with Gasteiger partial charge >= 0.3 is 0 Å². The number of hydrogen-bond acceptors (Lipinski definition) is 3. The lowest BCUT2D eigenvalue weighted by atomic mass is 9.33. The third kappa shape index (κ3) is 6.11. The van der Waals surface area contributed by atoms with Gasteiger partial charge in [-0.05, 0) is 139 Å². The fourth-order valence-electron chi connectivity index (χ4n) is 7.97. The lowest BCUT2D eigenvalue weighted by molar-refractivity contribution is 0.569. The summed E-state index contributed by atoms with van der Waals surface area (Å²) >= 11 is 0. The molecule has 53 heavy (non-hydrogen) atoms. The van der Waals surface area contributed by atoms with E-state index >= 15 is 0 Å². The van der Waals surface area contributed by atoms with Gasteiger partial charge in [0.05, 0.1) is 0 Å². The van der Waals surface area contributed by atoms with Crippen LogP contribution in [0.1, 0.15) is 140 Å². The van der Waals surface area contributed by atoms with E-state index in [0.29, 0.717) is 17.0 Å². The van der Waals surface area contributed by atoms with Crippen molar-refractivity contribution >= 4 is 57.4 Å². The molecule has 3 aliphatic rings. The molecular weight excluding hydrogens is 641 g/mol. The Bertz CT molecular complexity index is 2580. The number of benzene rings is 4. The Balaban J connectivity index is 1.54. The molecule has 0 saturated carbocycles. The van der Waals surface area contributed by atoms with E-state index in [0.717, 1.165) is 50.4 Å². The molecule has 0 radical (unpaired) electrons. The lowest BCUT2D eigenvalue weighted by Gasteiger charge is -2.44. The largest absolute Gasteiger partial charge is 0.311 e. The quantitative estimate of drug-likeness (QED) is 0.167. The first-order valence-corrected chi connectivity index (χ1v) is 19.0. The van der Waals surface area contributed by atoms with Gasteiger partial charge < -0.3 is 4.90 Å². The minimum atomic E-state index is -3.20. The second kappa shape index (κ2) is 12.1. The van der Waals surface area contributed by atoms with Crippen molar-refractivity contribution in [3.63, 3.8) is 0 Å². The number of hydrogen-bond donors (Lipinski definition) is 0. The number of rotatable bonds is 2. The van der Waals surface area contributed by atoms with Crippen molar-refractivity contribution in [1.29, 1.82) is 0 Å². The molecule has 8 rings (SSSR count). The Labute approximate surface area is 331 Å². The zero-order valence-corrected chi connectivity index (χ0v) is 33.5. The Morgan fingerprint density at radius 2 is 1.06 bits per heavy atom. The van der Waals surface area contributed by atoms with Crippen LogP contribution in [0.15, 0.2) is 85.1 Å². The van der Waals surface area contributed by atoms with Crippen molar-refractivity contribution in [3.8, 4) is 0 Å². The number of aryl methyl sites for hydroxylation is 2. The molecule has 3 nitrogen and oxygen atoms in total. The second-order valence-corrected chi connectivity index (χ2v) is 19.2. The van der Waals surface area contributed by atoms with Crippen LogP contribution in [0.2, 0.25) is 0 Å². The molecule has 1 aliphatic carbocycles. The van der Waals surface area contributed by atoms with Gasteiger partial charge in [-0.1, -0.05) is 119 Å². The summed E-state index contributed by atoms with van der Waals surface area (Å²) in [4.78, 5) is 9.50. The smallest absolute Gasteiger partial charge is 0.254 e. The summed E-state index contributed by atoms with van der Waals surface area (Å²) in [5.74, 6) is 0.711. The van der Waals surface area contributed by atoms with Crippen molar-refractivity contribution in [1.82, 2.24) is 4.98 Å². The number of fused-ring (bicyclic) bond motifs is 5. The summed E-state index contributed by atoms with van der Waals surface area (Å²) in [7, 11) is 0. The van der Waals surface area contributed by atoms with E-state index in [2.05, 4.69) is 154 Å². The summed E-state index contributed by atoms with van der Waals surface area (Å²) in [6.07, 6.45) is -10.4. The molecule has 1 aromatic heterocycles. The van der Waals surface area contributed by atoms with Crippen LogP contribution < -0.4 is 26.2 Å². The number of anilines is 6. The van der Waals surface area contributed by atoms with Gasteiger partial charge in [-0.25, -0.2) is 4.98 Å². The molecule has 0 unspecified atom stereocenters. The first-order valence-electron chi connectivity index (χ1n) is 23.0. The van der Waals surface area contributed by atoms with Gasteiger partial charge in [0.15, 0.2) is 0 Å². The van der Waals surface area contributed by atoms with Crippen LogP contribution in [0.5, 0.6) is 0 Å². The van der Waals surface area contributed by atoms with Gasteiger partial charge in [0.25, 0.3) is 6.71 Å². The summed E-state index contributed by atoms with van der Waals surface area (Å²) in [6.45, 7) is 25.7. The molecule has 0 N–H and O–H groups in total. The SMILES string of the molecule is [2H]C1([2H])c2cc3c(cc2C([2H])([2H])C([2H])([2H])C1([2H])[2H])N(c1cc(C(C)(C)C)cc(C(C)(C)C)c1)c1ccnc2c1B3c1cc(C(C)(C)C)ccc1N2c1ccc(C(C)(C)C)cc1. The van der Waals surface area contributed by atoms with Crippen LogP contribution in [0.25, 0.3) is 0 Å². The van der Waals surface area contributed by atoms with Gasteiger partial charge in [0.1, 0.15) is 5.82 Å². The maximum absolute atomic E-state index is 9.31. The van der Waals surface area contributed by atoms with Gasteiger partial charge in [0, 0.05) is 45.6 Å². The number of nitrogens with zero attached hydrogens (tertiary/aromatic N) is 3. The van der Waals surface area contributed by atoms with Crippen LogP contribution in [-0.4, -0.2) is 11.7 Å². The minimum absolute atomic E-state index is 0.0536. The molecule has 2 aliphatic heterocycles. The molecule has 0 amide bonds. The first kappa shape index (κ1) is 27.3. The Hall–Kier alpha value is -4.31.